The van der Waals surface area contributed by atoms with E-state index in [4.69, 9.17) is 8.83 Å². The van der Waals surface area contributed by atoms with Gasteiger partial charge in [0.15, 0.2) is 0 Å². The van der Waals surface area contributed by atoms with E-state index in [0.717, 1.165) is 77.6 Å². The predicted octanol–water partition coefficient (Wildman–Crippen LogP) is 14.6. The molecule has 0 N–H and O–H groups in total. The molecule has 3 nitrogen and oxygen atoms in total. The van der Waals surface area contributed by atoms with Crippen LogP contribution in [0.3, 0.4) is 0 Å². The Balaban J connectivity index is 1.12. The van der Waals surface area contributed by atoms with Crippen molar-refractivity contribution in [1.82, 2.24) is 0 Å². The van der Waals surface area contributed by atoms with Crippen LogP contribution in [0.15, 0.2) is 197 Å². The van der Waals surface area contributed by atoms with Crippen LogP contribution in [0.2, 0.25) is 0 Å². The third-order valence-electron chi connectivity index (χ3n) is 10.6. The largest absolute Gasteiger partial charge is 0.456 e. The van der Waals surface area contributed by atoms with Crippen molar-refractivity contribution >= 4 is 82.5 Å². The quantitative estimate of drug-likeness (QED) is 0.182. The number of nitrogens with zero attached hydrogens (tertiary/aromatic N) is 1. The molecule has 0 aliphatic heterocycles. The highest BCUT2D eigenvalue weighted by Gasteiger charge is 2.20. The molecular formula is C50H31NO2. The maximum Gasteiger partial charge on any atom is 0.136 e. The average Bonchev–Trinajstić information content (AvgIpc) is 3.77. The second-order valence-electron chi connectivity index (χ2n) is 13.8. The molecule has 0 aliphatic rings. The summed E-state index contributed by atoms with van der Waals surface area (Å²) in [4.78, 5) is 2.38. The van der Waals surface area contributed by atoms with Gasteiger partial charge in [-0.3, -0.25) is 0 Å². The topological polar surface area (TPSA) is 29.5 Å². The summed E-state index contributed by atoms with van der Waals surface area (Å²) < 4.78 is 12.7. The van der Waals surface area contributed by atoms with Crippen molar-refractivity contribution < 1.29 is 8.83 Å². The van der Waals surface area contributed by atoms with Crippen LogP contribution in [0.1, 0.15) is 0 Å². The van der Waals surface area contributed by atoms with Crippen LogP contribution in [0.25, 0.3) is 87.7 Å². The molecule has 11 rings (SSSR count). The highest BCUT2D eigenvalue weighted by atomic mass is 16.3. The lowest BCUT2D eigenvalue weighted by Crippen LogP contribution is -2.11. The van der Waals surface area contributed by atoms with Crippen LogP contribution in [0, 0.1) is 0 Å². The fourth-order valence-corrected chi connectivity index (χ4v) is 8.02. The molecule has 53 heavy (non-hydrogen) atoms. The van der Waals surface area contributed by atoms with Crippen molar-refractivity contribution in [3.8, 4) is 22.3 Å². The zero-order valence-corrected chi connectivity index (χ0v) is 28.7. The Kier molecular flexibility index (Phi) is 6.55. The molecule has 0 radical (unpaired) electrons. The standard InChI is InChI=1S/C50H31NO2/c1-2-11-33-26-37(21-20-32(33)10-1)34-14-9-15-39(27-34)51(40-23-25-49-45(31-40)42-17-6-8-19-47(42)52-49)46-18-7-5-16-41(46)38-22-24-48-43(29-38)44-28-35-12-3-4-13-36(35)30-50(44)53-48/h1-31H. The van der Waals surface area contributed by atoms with Gasteiger partial charge in [0, 0.05) is 38.5 Å². The number of benzene rings is 9. The van der Waals surface area contributed by atoms with Crippen LogP contribution in [0.4, 0.5) is 17.1 Å². The Labute approximate surface area is 305 Å². The summed E-state index contributed by atoms with van der Waals surface area (Å²) in [6.45, 7) is 0. The predicted molar refractivity (Wildman–Crippen MR) is 222 cm³/mol. The monoisotopic (exact) mass is 677 g/mol. The van der Waals surface area contributed by atoms with Crippen molar-refractivity contribution in [3.63, 3.8) is 0 Å². The van der Waals surface area contributed by atoms with Crippen LogP contribution in [0.5, 0.6) is 0 Å². The number of hydrogen-bond donors (Lipinski definition) is 0. The lowest BCUT2D eigenvalue weighted by Gasteiger charge is -2.28. The molecule has 0 unspecified atom stereocenters. The highest BCUT2D eigenvalue weighted by Crippen LogP contribution is 2.45. The minimum Gasteiger partial charge on any atom is -0.456 e. The first-order valence-electron chi connectivity index (χ1n) is 18.0. The highest BCUT2D eigenvalue weighted by molar-refractivity contribution is 6.12. The van der Waals surface area contributed by atoms with E-state index in [1.807, 2.05) is 12.1 Å². The van der Waals surface area contributed by atoms with Crippen molar-refractivity contribution in [2.24, 2.45) is 0 Å². The van der Waals surface area contributed by atoms with Crippen molar-refractivity contribution in [1.29, 1.82) is 0 Å². The van der Waals surface area contributed by atoms with Gasteiger partial charge in [0.05, 0.1) is 5.69 Å². The Hall–Kier alpha value is -7.10. The van der Waals surface area contributed by atoms with E-state index in [0.29, 0.717) is 0 Å². The molecule has 11 aromatic rings. The molecular weight excluding hydrogens is 647 g/mol. The summed E-state index contributed by atoms with van der Waals surface area (Å²) in [6, 6.07) is 67.0. The fourth-order valence-electron chi connectivity index (χ4n) is 8.02. The maximum atomic E-state index is 6.40. The zero-order chi connectivity index (χ0) is 34.9. The van der Waals surface area contributed by atoms with Gasteiger partial charge in [-0.2, -0.15) is 0 Å². The van der Waals surface area contributed by atoms with E-state index < -0.39 is 0 Å². The Morgan fingerprint density at radius 3 is 1.79 bits per heavy atom. The molecule has 0 fully saturated rings. The minimum atomic E-state index is 0.873. The van der Waals surface area contributed by atoms with Gasteiger partial charge in [-0.05, 0) is 111 Å². The fraction of sp³-hybridized carbons (Fsp3) is 0. The normalized spacial score (nSPS) is 11.8. The Morgan fingerprint density at radius 1 is 0.302 bits per heavy atom. The summed E-state index contributed by atoms with van der Waals surface area (Å²) in [6.07, 6.45) is 0. The Bertz CT molecular complexity index is 3200. The van der Waals surface area contributed by atoms with Crippen LogP contribution in [-0.4, -0.2) is 0 Å². The molecule has 0 spiro atoms. The number of furan rings is 2. The van der Waals surface area contributed by atoms with Gasteiger partial charge in [-0.1, -0.05) is 115 Å². The minimum absolute atomic E-state index is 0.873. The van der Waals surface area contributed by atoms with Gasteiger partial charge in [-0.15, -0.1) is 0 Å². The first-order valence-corrected chi connectivity index (χ1v) is 18.0. The first kappa shape index (κ1) is 29.6. The van der Waals surface area contributed by atoms with Crippen LogP contribution < -0.4 is 4.90 Å². The molecule has 2 heterocycles. The van der Waals surface area contributed by atoms with Crippen molar-refractivity contribution in [2.45, 2.75) is 0 Å². The molecule has 0 amide bonds. The molecule has 0 saturated heterocycles. The SMILES string of the molecule is c1cc(-c2ccc3ccccc3c2)cc(N(c2ccc3oc4ccccc4c3c2)c2ccccc2-c2ccc3oc4cc5ccccc5cc4c3c2)c1. The van der Waals surface area contributed by atoms with Crippen molar-refractivity contribution in [2.75, 3.05) is 4.90 Å². The molecule has 2 aromatic heterocycles. The molecule has 0 aliphatic carbocycles. The molecule has 3 heteroatoms. The zero-order valence-electron chi connectivity index (χ0n) is 28.7. The van der Waals surface area contributed by atoms with E-state index in [2.05, 4.69) is 181 Å². The van der Waals surface area contributed by atoms with Gasteiger partial charge in [-0.25, -0.2) is 0 Å². The number of para-hydroxylation sites is 2. The van der Waals surface area contributed by atoms with E-state index in [9.17, 15) is 0 Å². The molecule has 9 aromatic carbocycles. The number of anilines is 3. The Morgan fingerprint density at radius 2 is 0.906 bits per heavy atom. The second kappa shape index (κ2) is 11.7. The van der Waals surface area contributed by atoms with Gasteiger partial charge >= 0.3 is 0 Å². The molecule has 248 valence electrons. The van der Waals surface area contributed by atoms with E-state index in [1.54, 1.807) is 0 Å². The first-order chi connectivity index (χ1) is 26.2. The molecule has 0 saturated carbocycles. The van der Waals surface area contributed by atoms with E-state index in [-0.39, 0.29) is 0 Å². The van der Waals surface area contributed by atoms with Crippen LogP contribution in [-0.2, 0) is 0 Å². The summed E-state index contributed by atoms with van der Waals surface area (Å²) in [5.41, 5.74) is 11.3. The van der Waals surface area contributed by atoms with Crippen molar-refractivity contribution in [3.05, 3.63) is 188 Å². The summed E-state index contributed by atoms with van der Waals surface area (Å²) in [5.74, 6) is 0. The maximum absolute atomic E-state index is 6.40. The van der Waals surface area contributed by atoms with E-state index >= 15 is 0 Å². The number of rotatable bonds is 5. The number of hydrogen-bond acceptors (Lipinski definition) is 3. The number of fused-ring (bicyclic) bond motifs is 8. The van der Waals surface area contributed by atoms with Crippen LogP contribution >= 0.6 is 0 Å². The van der Waals surface area contributed by atoms with Gasteiger partial charge in [0.2, 0.25) is 0 Å². The van der Waals surface area contributed by atoms with Gasteiger partial charge in [0.25, 0.3) is 0 Å². The van der Waals surface area contributed by atoms with E-state index in [1.165, 1.54) is 27.1 Å². The molecule has 0 atom stereocenters. The summed E-state index contributed by atoms with van der Waals surface area (Å²) in [5, 5.41) is 9.26. The smallest absolute Gasteiger partial charge is 0.136 e. The molecule has 0 bridgehead atoms. The lowest BCUT2D eigenvalue weighted by molar-refractivity contribution is 0.669. The second-order valence-corrected chi connectivity index (χ2v) is 13.8. The lowest BCUT2D eigenvalue weighted by atomic mass is 9.98. The summed E-state index contributed by atoms with van der Waals surface area (Å²) in [7, 11) is 0. The third-order valence-corrected chi connectivity index (χ3v) is 10.6. The summed E-state index contributed by atoms with van der Waals surface area (Å²) >= 11 is 0. The average molecular weight is 678 g/mol. The van der Waals surface area contributed by atoms with Gasteiger partial charge < -0.3 is 13.7 Å². The third kappa shape index (κ3) is 4.90. The van der Waals surface area contributed by atoms with Gasteiger partial charge in [0.1, 0.15) is 22.3 Å².